The van der Waals surface area contributed by atoms with Crippen molar-refractivity contribution in [2.24, 2.45) is 0 Å². The third-order valence-corrected chi connectivity index (χ3v) is 3.05. The van der Waals surface area contributed by atoms with Crippen LogP contribution < -0.4 is 5.32 Å². The van der Waals surface area contributed by atoms with Gasteiger partial charge in [0, 0.05) is 25.0 Å². The quantitative estimate of drug-likeness (QED) is 0.890. The molecule has 6 heteroatoms. The molecule has 1 aromatic heterocycles. The van der Waals surface area contributed by atoms with Crippen LogP contribution in [-0.4, -0.2) is 22.3 Å². The third kappa shape index (κ3) is 3.86. The van der Waals surface area contributed by atoms with Gasteiger partial charge in [0.2, 0.25) is 0 Å². The molecule has 1 unspecified atom stereocenters. The number of aromatic nitrogens is 1. The van der Waals surface area contributed by atoms with Crippen LogP contribution in [0.1, 0.15) is 18.2 Å². The number of benzene rings is 1. The van der Waals surface area contributed by atoms with Crippen molar-refractivity contribution in [2.75, 3.05) is 6.54 Å². The zero-order chi connectivity index (χ0) is 15.5. The molecule has 3 nitrogen and oxygen atoms in total. The van der Waals surface area contributed by atoms with Gasteiger partial charge in [0.05, 0.1) is 17.4 Å². The second-order valence-electron chi connectivity index (χ2n) is 4.86. The maximum atomic E-state index is 13.1. The standard InChI is InChI=1S/C15H17F3N2O/c1-11(21)9-19-10-12-5-4-8-20(12)14-7-3-2-6-13(14)15(16,17)18/h2-8,11,19,21H,9-10H2,1H3. The Morgan fingerprint density at radius 3 is 2.57 bits per heavy atom. The van der Waals surface area contributed by atoms with E-state index < -0.39 is 17.8 Å². The number of halogens is 3. The number of rotatable bonds is 5. The molecule has 21 heavy (non-hydrogen) atoms. The van der Waals surface area contributed by atoms with Crippen molar-refractivity contribution in [3.8, 4) is 5.69 Å². The summed E-state index contributed by atoms with van der Waals surface area (Å²) >= 11 is 0. The Hall–Kier alpha value is -1.79. The molecule has 2 rings (SSSR count). The van der Waals surface area contributed by atoms with E-state index in [1.807, 2.05) is 0 Å². The number of para-hydroxylation sites is 1. The summed E-state index contributed by atoms with van der Waals surface area (Å²) in [5, 5.41) is 12.2. The Morgan fingerprint density at radius 2 is 1.90 bits per heavy atom. The molecule has 0 aliphatic carbocycles. The predicted molar refractivity (Wildman–Crippen MR) is 74.2 cm³/mol. The Balaban J connectivity index is 2.30. The van der Waals surface area contributed by atoms with Crippen LogP contribution in [0.5, 0.6) is 0 Å². The maximum Gasteiger partial charge on any atom is 0.418 e. The van der Waals surface area contributed by atoms with Gasteiger partial charge >= 0.3 is 6.18 Å². The van der Waals surface area contributed by atoms with Crippen molar-refractivity contribution in [1.82, 2.24) is 9.88 Å². The smallest absolute Gasteiger partial charge is 0.392 e. The molecule has 2 aromatic rings. The number of aliphatic hydroxyl groups excluding tert-OH is 1. The molecular formula is C15H17F3N2O. The van der Waals surface area contributed by atoms with E-state index in [4.69, 9.17) is 0 Å². The fourth-order valence-electron chi connectivity index (χ4n) is 2.13. The summed E-state index contributed by atoms with van der Waals surface area (Å²) in [5.74, 6) is 0. The SMILES string of the molecule is CC(O)CNCc1cccn1-c1ccccc1C(F)(F)F. The Morgan fingerprint density at radius 1 is 1.19 bits per heavy atom. The van der Waals surface area contributed by atoms with Gasteiger partial charge in [-0.1, -0.05) is 12.1 Å². The zero-order valence-electron chi connectivity index (χ0n) is 11.6. The van der Waals surface area contributed by atoms with Crippen molar-refractivity contribution in [2.45, 2.75) is 25.7 Å². The molecule has 0 aliphatic heterocycles. The molecule has 0 saturated heterocycles. The lowest BCUT2D eigenvalue weighted by atomic mass is 10.1. The van der Waals surface area contributed by atoms with E-state index in [9.17, 15) is 18.3 Å². The second kappa shape index (κ2) is 6.32. The highest BCUT2D eigenvalue weighted by molar-refractivity contribution is 5.44. The van der Waals surface area contributed by atoms with Crippen LogP contribution in [0.25, 0.3) is 5.69 Å². The summed E-state index contributed by atoms with van der Waals surface area (Å²) in [7, 11) is 0. The average molecular weight is 298 g/mol. The normalized spacial score (nSPS) is 13.4. The van der Waals surface area contributed by atoms with Gasteiger partial charge in [-0.2, -0.15) is 13.2 Å². The highest BCUT2D eigenvalue weighted by Gasteiger charge is 2.33. The summed E-state index contributed by atoms with van der Waals surface area (Å²) in [5.41, 5.74) is 0.133. The summed E-state index contributed by atoms with van der Waals surface area (Å²) < 4.78 is 40.7. The lowest BCUT2D eigenvalue weighted by Gasteiger charge is -2.16. The van der Waals surface area contributed by atoms with Crippen molar-refractivity contribution in [1.29, 1.82) is 0 Å². The highest BCUT2D eigenvalue weighted by Crippen LogP contribution is 2.34. The largest absolute Gasteiger partial charge is 0.418 e. The number of alkyl halides is 3. The maximum absolute atomic E-state index is 13.1. The molecule has 0 aliphatic rings. The van der Waals surface area contributed by atoms with Gasteiger partial charge < -0.3 is 15.0 Å². The van der Waals surface area contributed by atoms with Crippen LogP contribution in [0, 0.1) is 0 Å². The van der Waals surface area contributed by atoms with Gasteiger partial charge in [-0.25, -0.2) is 0 Å². The van der Waals surface area contributed by atoms with Crippen LogP contribution in [0.15, 0.2) is 42.6 Å². The number of hydrogen-bond acceptors (Lipinski definition) is 2. The molecule has 1 atom stereocenters. The number of aliphatic hydroxyl groups is 1. The first-order valence-electron chi connectivity index (χ1n) is 6.61. The Labute approximate surface area is 121 Å². The van der Waals surface area contributed by atoms with E-state index in [0.29, 0.717) is 18.8 Å². The van der Waals surface area contributed by atoms with E-state index in [2.05, 4.69) is 5.32 Å². The van der Waals surface area contributed by atoms with Gasteiger partial charge in [0.15, 0.2) is 0 Å². The first-order valence-corrected chi connectivity index (χ1v) is 6.61. The molecule has 0 fully saturated rings. The van der Waals surface area contributed by atoms with E-state index in [1.165, 1.54) is 16.7 Å². The van der Waals surface area contributed by atoms with Gasteiger partial charge in [-0.15, -0.1) is 0 Å². The molecule has 0 saturated carbocycles. The monoisotopic (exact) mass is 298 g/mol. The Kier molecular flexibility index (Phi) is 4.69. The minimum Gasteiger partial charge on any atom is -0.392 e. The molecular weight excluding hydrogens is 281 g/mol. The van der Waals surface area contributed by atoms with E-state index in [-0.39, 0.29) is 5.69 Å². The summed E-state index contributed by atoms with van der Waals surface area (Å²) in [6.07, 6.45) is -3.30. The summed E-state index contributed by atoms with van der Waals surface area (Å²) in [4.78, 5) is 0. The number of nitrogens with zero attached hydrogens (tertiary/aromatic N) is 1. The first-order chi connectivity index (χ1) is 9.89. The van der Waals surface area contributed by atoms with Crippen LogP contribution >= 0.6 is 0 Å². The van der Waals surface area contributed by atoms with Gasteiger partial charge in [-0.05, 0) is 31.2 Å². The van der Waals surface area contributed by atoms with Crippen LogP contribution in [0.4, 0.5) is 13.2 Å². The lowest BCUT2D eigenvalue weighted by molar-refractivity contribution is -0.137. The average Bonchev–Trinajstić information content (AvgIpc) is 2.85. The number of hydrogen-bond donors (Lipinski definition) is 2. The second-order valence-corrected chi connectivity index (χ2v) is 4.86. The highest BCUT2D eigenvalue weighted by atomic mass is 19.4. The number of nitrogens with one attached hydrogen (secondary N) is 1. The third-order valence-electron chi connectivity index (χ3n) is 3.05. The fourth-order valence-corrected chi connectivity index (χ4v) is 2.13. The molecule has 0 bridgehead atoms. The Bertz CT molecular complexity index is 591. The summed E-state index contributed by atoms with van der Waals surface area (Å²) in [6.45, 7) is 2.40. The fraction of sp³-hybridized carbons (Fsp3) is 0.333. The van der Waals surface area contributed by atoms with Crippen LogP contribution in [-0.2, 0) is 12.7 Å². The molecule has 0 amide bonds. The summed E-state index contributed by atoms with van der Waals surface area (Å²) in [6, 6.07) is 8.93. The predicted octanol–water partition coefficient (Wildman–Crippen LogP) is 2.97. The van der Waals surface area contributed by atoms with Crippen LogP contribution in [0.2, 0.25) is 0 Å². The molecule has 114 valence electrons. The van der Waals surface area contributed by atoms with Crippen molar-refractivity contribution in [3.63, 3.8) is 0 Å². The van der Waals surface area contributed by atoms with Gasteiger partial charge in [0.1, 0.15) is 0 Å². The minimum absolute atomic E-state index is 0.101. The molecule has 0 spiro atoms. The van der Waals surface area contributed by atoms with Gasteiger partial charge in [0.25, 0.3) is 0 Å². The van der Waals surface area contributed by atoms with Crippen LogP contribution in [0.3, 0.4) is 0 Å². The lowest BCUT2D eigenvalue weighted by Crippen LogP contribution is -2.25. The minimum atomic E-state index is -4.40. The molecule has 0 radical (unpaired) electrons. The van der Waals surface area contributed by atoms with Gasteiger partial charge in [-0.3, -0.25) is 0 Å². The van der Waals surface area contributed by atoms with Crippen molar-refractivity contribution >= 4 is 0 Å². The van der Waals surface area contributed by atoms with E-state index >= 15 is 0 Å². The first kappa shape index (κ1) is 15.6. The van der Waals surface area contributed by atoms with E-state index in [0.717, 1.165) is 6.07 Å². The molecule has 1 aromatic carbocycles. The zero-order valence-corrected chi connectivity index (χ0v) is 11.6. The topological polar surface area (TPSA) is 37.2 Å². The van der Waals surface area contributed by atoms with Crippen molar-refractivity contribution < 1.29 is 18.3 Å². The van der Waals surface area contributed by atoms with E-state index in [1.54, 1.807) is 31.3 Å². The molecule has 1 heterocycles. The van der Waals surface area contributed by atoms with Crippen molar-refractivity contribution in [3.05, 3.63) is 53.9 Å². The molecule has 2 N–H and O–H groups in total.